The first-order chi connectivity index (χ1) is 11.7. The van der Waals surface area contributed by atoms with Crippen molar-refractivity contribution in [2.45, 2.75) is 102 Å². The molecule has 2 rings (SSSR count). The lowest BCUT2D eigenvalue weighted by atomic mass is 9.96. The topological polar surface area (TPSA) is 57.2 Å². The van der Waals surface area contributed by atoms with Gasteiger partial charge < -0.3 is 24.1 Å². The smallest absolute Gasteiger partial charge is 0.184 e. The van der Waals surface area contributed by atoms with Gasteiger partial charge in [0.15, 0.2) is 6.29 Å². The summed E-state index contributed by atoms with van der Waals surface area (Å²) in [6, 6.07) is 0. The van der Waals surface area contributed by atoms with E-state index in [0.29, 0.717) is 19.8 Å². The third kappa shape index (κ3) is 5.15. The van der Waals surface area contributed by atoms with Crippen molar-refractivity contribution in [2.24, 2.45) is 0 Å². The molecule has 1 unspecified atom stereocenters. The molecule has 1 saturated carbocycles. The molecule has 0 aromatic carbocycles. The van der Waals surface area contributed by atoms with Crippen LogP contribution < -0.4 is 0 Å². The SMILES string of the molecule is CCCCO[C@@H]1[C@@H](OCCCC)C(O)OC2(CC2)[C@H]1OCCCC. The Bertz CT molecular complexity index is 345. The standard InChI is InChI=1S/C19H36O5/c1-4-7-12-21-15-16(22-13-8-5-2)18(20)24-19(10-11-19)17(15)23-14-9-6-3/h15-18,20H,4-14H2,1-3H3/t15-,16-,17+,18?/m1/s1. The summed E-state index contributed by atoms with van der Waals surface area (Å²) < 4.78 is 24.2. The molecule has 5 heteroatoms. The van der Waals surface area contributed by atoms with Crippen molar-refractivity contribution in [1.82, 2.24) is 0 Å². The van der Waals surface area contributed by atoms with Crippen molar-refractivity contribution in [2.75, 3.05) is 19.8 Å². The zero-order valence-electron chi connectivity index (χ0n) is 15.7. The summed E-state index contributed by atoms with van der Waals surface area (Å²) in [6.45, 7) is 8.42. The normalized spacial score (nSPS) is 31.5. The molecule has 2 aliphatic rings. The Morgan fingerprint density at radius 3 is 1.83 bits per heavy atom. The molecule has 1 spiro atoms. The molecule has 0 radical (unpaired) electrons. The lowest BCUT2D eigenvalue weighted by Gasteiger charge is -2.45. The maximum absolute atomic E-state index is 10.5. The van der Waals surface area contributed by atoms with Crippen LogP contribution in [0.1, 0.15) is 72.1 Å². The summed E-state index contributed by atoms with van der Waals surface area (Å²) in [6.07, 6.45) is 6.30. The molecule has 0 amide bonds. The Balaban J connectivity index is 2.05. The van der Waals surface area contributed by atoms with Crippen LogP contribution in [0.4, 0.5) is 0 Å². The van der Waals surface area contributed by atoms with Gasteiger partial charge in [0.25, 0.3) is 0 Å². The van der Waals surface area contributed by atoms with Crippen LogP contribution in [0, 0.1) is 0 Å². The number of ether oxygens (including phenoxy) is 4. The lowest BCUT2D eigenvalue weighted by molar-refractivity contribution is -0.315. The van der Waals surface area contributed by atoms with Crippen LogP contribution in [0.2, 0.25) is 0 Å². The average Bonchev–Trinajstić information content (AvgIpc) is 3.33. The van der Waals surface area contributed by atoms with Crippen molar-refractivity contribution in [3.05, 3.63) is 0 Å². The van der Waals surface area contributed by atoms with Crippen molar-refractivity contribution in [3.8, 4) is 0 Å². The Kier molecular flexibility index (Phi) is 8.44. The number of rotatable bonds is 12. The van der Waals surface area contributed by atoms with Crippen LogP contribution in [-0.2, 0) is 18.9 Å². The maximum atomic E-state index is 10.5. The first kappa shape index (κ1) is 20.1. The maximum Gasteiger partial charge on any atom is 0.184 e. The molecular weight excluding hydrogens is 308 g/mol. The van der Waals surface area contributed by atoms with Crippen LogP contribution in [0.15, 0.2) is 0 Å². The highest BCUT2D eigenvalue weighted by molar-refractivity contribution is 5.10. The molecule has 0 bridgehead atoms. The van der Waals surface area contributed by atoms with E-state index in [4.69, 9.17) is 18.9 Å². The molecular formula is C19H36O5. The molecule has 4 atom stereocenters. The van der Waals surface area contributed by atoms with Crippen LogP contribution in [0.3, 0.4) is 0 Å². The summed E-state index contributed by atoms with van der Waals surface area (Å²) in [7, 11) is 0. The first-order valence-corrected chi connectivity index (χ1v) is 9.89. The number of aliphatic hydroxyl groups excluding tert-OH is 1. The van der Waals surface area contributed by atoms with Crippen LogP contribution >= 0.6 is 0 Å². The highest BCUT2D eigenvalue weighted by Crippen LogP contribution is 2.50. The monoisotopic (exact) mass is 344 g/mol. The van der Waals surface area contributed by atoms with E-state index in [2.05, 4.69) is 20.8 Å². The number of hydrogen-bond acceptors (Lipinski definition) is 5. The van der Waals surface area contributed by atoms with Gasteiger partial charge in [-0.2, -0.15) is 0 Å². The van der Waals surface area contributed by atoms with E-state index >= 15 is 0 Å². The molecule has 5 nitrogen and oxygen atoms in total. The summed E-state index contributed by atoms with van der Waals surface area (Å²) in [5.74, 6) is 0. The van der Waals surface area contributed by atoms with Crippen LogP contribution in [0.5, 0.6) is 0 Å². The van der Waals surface area contributed by atoms with Gasteiger partial charge in [0.2, 0.25) is 0 Å². The van der Waals surface area contributed by atoms with Crippen molar-refractivity contribution >= 4 is 0 Å². The summed E-state index contributed by atoms with van der Waals surface area (Å²) in [4.78, 5) is 0. The van der Waals surface area contributed by atoms with E-state index < -0.39 is 12.4 Å². The number of aliphatic hydroxyl groups is 1. The van der Waals surface area contributed by atoms with Gasteiger partial charge in [-0.25, -0.2) is 0 Å². The number of unbranched alkanes of at least 4 members (excludes halogenated alkanes) is 3. The van der Waals surface area contributed by atoms with Crippen molar-refractivity contribution < 1.29 is 24.1 Å². The van der Waals surface area contributed by atoms with E-state index in [1.54, 1.807) is 0 Å². The third-order valence-electron chi connectivity index (χ3n) is 4.93. The van der Waals surface area contributed by atoms with E-state index in [1.807, 2.05) is 0 Å². The zero-order valence-corrected chi connectivity index (χ0v) is 15.7. The molecule has 1 aliphatic heterocycles. The zero-order chi connectivity index (χ0) is 17.4. The molecule has 0 aromatic heterocycles. The Morgan fingerprint density at radius 2 is 1.33 bits per heavy atom. The third-order valence-corrected chi connectivity index (χ3v) is 4.93. The highest BCUT2D eigenvalue weighted by Gasteiger charge is 2.62. The average molecular weight is 344 g/mol. The Labute approximate surface area is 147 Å². The van der Waals surface area contributed by atoms with Crippen LogP contribution in [0.25, 0.3) is 0 Å². The van der Waals surface area contributed by atoms with E-state index in [0.717, 1.165) is 51.4 Å². The highest BCUT2D eigenvalue weighted by atomic mass is 16.7. The Morgan fingerprint density at radius 1 is 0.833 bits per heavy atom. The quantitative estimate of drug-likeness (QED) is 0.550. The predicted octanol–water partition coefficient (Wildman–Crippen LogP) is 3.42. The largest absolute Gasteiger partial charge is 0.372 e. The predicted molar refractivity (Wildman–Crippen MR) is 93.0 cm³/mol. The van der Waals surface area contributed by atoms with Gasteiger partial charge in [0, 0.05) is 19.8 Å². The minimum atomic E-state index is -0.929. The first-order valence-electron chi connectivity index (χ1n) is 9.89. The molecule has 1 N–H and O–H groups in total. The summed E-state index contributed by atoms with van der Waals surface area (Å²) >= 11 is 0. The second-order valence-electron chi connectivity index (χ2n) is 7.10. The van der Waals surface area contributed by atoms with E-state index in [1.165, 1.54) is 0 Å². The van der Waals surface area contributed by atoms with Crippen molar-refractivity contribution in [3.63, 3.8) is 0 Å². The van der Waals surface area contributed by atoms with E-state index in [-0.39, 0.29) is 17.8 Å². The van der Waals surface area contributed by atoms with Gasteiger partial charge in [-0.05, 0) is 32.1 Å². The molecule has 142 valence electrons. The molecule has 0 aromatic rings. The van der Waals surface area contributed by atoms with E-state index in [9.17, 15) is 5.11 Å². The molecule has 1 heterocycles. The summed E-state index contributed by atoms with van der Waals surface area (Å²) in [5, 5.41) is 10.5. The molecule has 1 saturated heterocycles. The van der Waals surface area contributed by atoms with Gasteiger partial charge in [-0.1, -0.05) is 40.0 Å². The fourth-order valence-electron chi connectivity index (χ4n) is 3.22. The van der Waals surface area contributed by atoms with Crippen LogP contribution in [-0.4, -0.2) is 55.1 Å². The van der Waals surface area contributed by atoms with Gasteiger partial charge in [-0.15, -0.1) is 0 Å². The van der Waals surface area contributed by atoms with Gasteiger partial charge >= 0.3 is 0 Å². The van der Waals surface area contributed by atoms with Gasteiger partial charge in [0.1, 0.15) is 23.9 Å². The molecule has 1 aliphatic carbocycles. The molecule has 2 fully saturated rings. The fourth-order valence-corrected chi connectivity index (χ4v) is 3.22. The van der Waals surface area contributed by atoms with Gasteiger partial charge in [0.05, 0.1) is 0 Å². The minimum Gasteiger partial charge on any atom is -0.372 e. The Hall–Kier alpha value is -0.200. The van der Waals surface area contributed by atoms with Crippen molar-refractivity contribution in [1.29, 1.82) is 0 Å². The van der Waals surface area contributed by atoms with Gasteiger partial charge in [-0.3, -0.25) is 0 Å². The number of hydrogen-bond donors (Lipinski definition) is 1. The minimum absolute atomic E-state index is 0.143. The fraction of sp³-hybridized carbons (Fsp3) is 1.00. The molecule has 24 heavy (non-hydrogen) atoms. The second kappa shape index (κ2) is 10.1. The lowest BCUT2D eigenvalue weighted by Crippen LogP contribution is -2.61. The summed E-state index contributed by atoms with van der Waals surface area (Å²) in [5.41, 5.74) is -0.366. The second-order valence-corrected chi connectivity index (χ2v) is 7.10.